The number of hydrogen-bond acceptors (Lipinski definition) is 2. The van der Waals surface area contributed by atoms with Crippen LogP contribution in [0.4, 0.5) is 0 Å². The Hall–Kier alpha value is -1.34. The normalized spacial score (nSPS) is 11.7. The highest BCUT2D eigenvalue weighted by molar-refractivity contribution is 9.10. The van der Waals surface area contributed by atoms with E-state index in [-0.39, 0.29) is 5.78 Å². The lowest BCUT2D eigenvalue weighted by Gasteiger charge is -2.11. The molecule has 2 nitrogen and oxygen atoms in total. The summed E-state index contributed by atoms with van der Waals surface area (Å²) >= 11 is 15.1. The molecule has 0 aromatic heterocycles. The summed E-state index contributed by atoms with van der Waals surface area (Å²) in [4.78, 5) is 12.5. The number of Topliss-reactive ketones (excluding diaryl/α,β-unsaturated/α-hetero) is 1. The molecule has 2 aromatic rings. The number of ketones is 1. The van der Waals surface area contributed by atoms with Gasteiger partial charge in [-0.1, -0.05) is 57.3 Å². The highest BCUT2D eigenvalue weighted by Crippen LogP contribution is 2.29. The molecule has 0 saturated carbocycles. The highest BCUT2D eigenvalue weighted by Gasteiger charge is 2.24. The Morgan fingerprint density at radius 2 is 1.75 bits per heavy atom. The number of carbonyl (C=O) groups is 1. The molecule has 2 aromatic carbocycles. The van der Waals surface area contributed by atoms with Crippen LogP contribution in [0.3, 0.4) is 0 Å². The molecule has 0 saturated heterocycles. The minimum Gasteiger partial charge on any atom is -0.292 e. The van der Waals surface area contributed by atoms with Crippen molar-refractivity contribution < 1.29 is 4.79 Å². The molecule has 0 amide bonds. The quantitative estimate of drug-likeness (QED) is 0.694. The topological polar surface area (TPSA) is 40.9 Å². The third kappa shape index (κ3) is 3.21. The van der Waals surface area contributed by atoms with Crippen molar-refractivity contribution in [3.63, 3.8) is 0 Å². The maximum Gasteiger partial charge on any atom is 0.184 e. The van der Waals surface area contributed by atoms with Crippen molar-refractivity contribution >= 4 is 44.9 Å². The lowest BCUT2D eigenvalue weighted by atomic mass is 9.92. The third-order valence-corrected chi connectivity index (χ3v) is 3.91. The number of rotatable bonds is 3. The molecule has 0 aliphatic rings. The SMILES string of the molecule is N#CC(C(=O)c1cc(Cl)cc(Cl)c1)c1ccccc1Br. The molecule has 0 heterocycles. The lowest BCUT2D eigenvalue weighted by molar-refractivity contribution is 0.0978. The maximum atomic E-state index is 12.5. The molecule has 1 atom stereocenters. The average molecular weight is 369 g/mol. The van der Waals surface area contributed by atoms with E-state index in [1.165, 1.54) is 12.1 Å². The Labute approximate surface area is 135 Å². The van der Waals surface area contributed by atoms with Gasteiger partial charge in [0.2, 0.25) is 0 Å². The highest BCUT2D eigenvalue weighted by atomic mass is 79.9. The molecule has 1 unspecified atom stereocenters. The fourth-order valence-electron chi connectivity index (χ4n) is 1.84. The minimum absolute atomic E-state index is 0.324. The van der Waals surface area contributed by atoms with E-state index in [1.54, 1.807) is 24.3 Å². The predicted octanol–water partition coefficient (Wildman–Crippen LogP) is 5.25. The van der Waals surface area contributed by atoms with Gasteiger partial charge < -0.3 is 0 Å². The first-order chi connectivity index (χ1) is 9.52. The first-order valence-corrected chi connectivity index (χ1v) is 7.22. The number of nitriles is 1. The molecule has 0 spiro atoms. The van der Waals surface area contributed by atoms with Crippen LogP contribution in [0, 0.1) is 11.3 Å². The van der Waals surface area contributed by atoms with E-state index in [9.17, 15) is 10.1 Å². The van der Waals surface area contributed by atoms with Crippen LogP contribution in [0.15, 0.2) is 46.9 Å². The molecule has 5 heteroatoms. The summed E-state index contributed by atoms with van der Waals surface area (Å²) in [6.45, 7) is 0. The Morgan fingerprint density at radius 1 is 1.15 bits per heavy atom. The van der Waals surface area contributed by atoms with Crippen LogP contribution in [-0.2, 0) is 0 Å². The number of carbonyl (C=O) groups excluding carboxylic acids is 1. The zero-order chi connectivity index (χ0) is 14.7. The van der Waals surface area contributed by atoms with Crippen molar-refractivity contribution in [3.8, 4) is 6.07 Å². The van der Waals surface area contributed by atoms with Crippen molar-refractivity contribution in [2.45, 2.75) is 5.92 Å². The van der Waals surface area contributed by atoms with Gasteiger partial charge in [-0.25, -0.2) is 0 Å². The summed E-state index contributed by atoms with van der Waals surface area (Å²) in [6, 6.07) is 13.7. The Balaban J connectivity index is 2.45. The van der Waals surface area contributed by atoms with Crippen LogP contribution in [-0.4, -0.2) is 5.78 Å². The van der Waals surface area contributed by atoms with Crippen LogP contribution < -0.4 is 0 Å². The van der Waals surface area contributed by atoms with E-state index < -0.39 is 5.92 Å². The van der Waals surface area contributed by atoms with Gasteiger partial charge >= 0.3 is 0 Å². The zero-order valence-electron chi connectivity index (χ0n) is 10.1. The van der Waals surface area contributed by atoms with Crippen molar-refractivity contribution in [3.05, 3.63) is 68.1 Å². The van der Waals surface area contributed by atoms with Gasteiger partial charge in [0, 0.05) is 20.1 Å². The second kappa shape index (κ2) is 6.41. The Bertz CT molecular complexity index is 689. The first kappa shape index (κ1) is 15.1. The van der Waals surface area contributed by atoms with Crippen molar-refractivity contribution in [2.24, 2.45) is 0 Å². The summed E-state index contributed by atoms with van der Waals surface area (Å²) in [5, 5.41) is 10.0. The molecule has 20 heavy (non-hydrogen) atoms. The molecule has 2 rings (SSSR count). The van der Waals surface area contributed by atoms with Gasteiger partial charge in [0.25, 0.3) is 0 Å². The second-order valence-corrected chi connectivity index (χ2v) is 5.83. The summed E-state index contributed by atoms with van der Waals surface area (Å²) in [7, 11) is 0. The van der Waals surface area contributed by atoms with E-state index >= 15 is 0 Å². The summed E-state index contributed by atoms with van der Waals surface area (Å²) in [5.41, 5.74) is 0.945. The van der Waals surface area contributed by atoms with Gasteiger partial charge in [-0.05, 0) is 29.8 Å². The molecule has 0 fully saturated rings. The number of nitrogens with zero attached hydrogens (tertiary/aromatic N) is 1. The van der Waals surface area contributed by atoms with E-state index in [0.717, 1.165) is 0 Å². The van der Waals surface area contributed by atoms with E-state index in [0.29, 0.717) is 25.6 Å². The summed E-state index contributed by atoms with van der Waals surface area (Å²) in [6.07, 6.45) is 0. The van der Waals surface area contributed by atoms with Gasteiger partial charge in [0.15, 0.2) is 5.78 Å². The maximum absolute atomic E-state index is 12.5. The van der Waals surface area contributed by atoms with Crippen LogP contribution in [0.5, 0.6) is 0 Å². The largest absolute Gasteiger partial charge is 0.292 e. The van der Waals surface area contributed by atoms with Crippen molar-refractivity contribution in [1.82, 2.24) is 0 Å². The molecule has 0 aliphatic heterocycles. The summed E-state index contributed by atoms with van der Waals surface area (Å²) < 4.78 is 0.716. The van der Waals surface area contributed by atoms with Crippen LogP contribution in [0.2, 0.25) is 10.0 Å². The van der Waals surface area contributed by atoms with Gasteiger partial charge in [-0.3, -0.25) is 4.79 Å². The van der Waals surface area contributed by atoms with Crippen LogP contribution in [0.25, 0.3) is 0 Å². The monoisotopic (exact) mass is 367 g/mol. The van der Waals surface area contributed by atoms with Gasteiger partial charge in [-0.2, -0.15) is 5.26 Å². The van der Waals surface area contributed by atoms with Crippen molar-refractivity contribution in [2.75, 3.05) is 0 Å². The van der Waals surface area contributed by atoms with Gasteiger partial charge in [-0.15, -0.1) is 0 Å². The second-order valence-electron chi connectivity index (χ2n) is 4.11. The van der Waals surface area contributed by atoms with E-state index in [1.807, 2.05) is 12.1 Å². The van der Waals surface area contributed by atoms with Crippen LogP contribution in [0.1, 0.15) is 21.8 Å². The minimum atomic E-state index is -0.903. The predicted molar refractivity (Wildman–Crippen MR) is 83.3 cm³/mol. The van der Waals surface area contributed by atoms with Crippen LogP contribution >= 0.6 is 39.1 Å². The molecule has 0 radical (unpaired) electrons. The first-order valence-electron chi connectivity index (χ1n) is 5.67. The molecule has 0 aliphatic carbocycles. The Kier molecular flexibility index (Phi) is 4.82. The average Bonchev–Trinajstić information content (AvgIpc) is 2.40. The fourth-order valence-corrected chi connectivity index (χ4v) is 2.88. The summed E-state index contributed by atoms with van der Waals surface area (Å²) in [5.74, 6) is -1.23. The smallest absolute Gasteiger partial charge is 0.184 e. The van der Waals surface area contributed by atoms with Gasteiger partial charge in [0.05, 0.1) is 6.07 Å². The molecule has 0 N–H and O–H groups in total. The number of benzene rings is 2. The Morgan fingerprint density at radius 3 is 2.30 bits per heavy atom. The molecular formula is C15H8BrCl2NO. The molecule has 100 valence electrons. The zero-order valence-corrected chi connectivity index (χ0v) is 13.2. The molecular weight excluding hydrogens is 361 g/mol. The standard InChI is InChI=1S/C15H8BrCl2NO/c16-14-4-2-1-3-12(14)13(8-19)15(20)9-5-10(17)7-11(18)6-9/h1-7,13H. The van der Waals surface area contributed by atoms with E-state index in [4.69, 9.17) is 23.2 Å². The molecule has 0 bridgehead atoms. The third-order valence-electron chi connectivity index (χ3n) is 2.75. The fraction of sp³-hybridized carbons (Fsp3) is 0.0667. The van der Waals surface area contributed by atoms with E-state index in [2.05, 4.69) is 15.9 Å². The van der Waals surface area contributed by atoms with Crippen molar-refractivity contribution in [1.29, 1.82) is 5.26 Å². The number of halogens is 3. The number of hydrogen-bond donors (Lipinski definition) is 0. The van der Waals surface area contributed by atoms with Gasteiger partial charge in [0.1, 0.15) is 5.92 Å². The lowest BCUT2D eigenvalue weighted by Crippen LogP contribution is -2.12.